The average molecular weight is 269 g/mol. The summed E-state index contributed by atoms with van der Waals surface area (Å²) in [5.41, 5.74) is 1.39. The van der Waals surface area contributed by atoms with Crippen LogP contribution < -0.4 is 0 Å². The van der Waals surface area contributed by atoms with Crippen LogP contribution in [-0.2, 0) is 13.0 Å². The van der Waals surface area contributed by atoms with Crippen LogP contribution in [0.5, 0.6) is 0 Å². The van der Waals surface area contributed by atoms with Crippen LogP contribution in [0.2, 0.25) is 0 Å². The number of hydrogen-bond acceptors (Lipinski definition) is 1. The number of para-hydroxylation sites is 1. The third-order valence-electron chi connectivity index (χ3n) is 3.04. The molecule has 0 fully saturated rings. The molecule has 4 heteroatoms. The van der Waals surface area contributed by atoms with Crippen molar-refractivity contribution >= 4 is 22.6 Å². The Hall–Kier alpha value is -1.09. The van der Waals surface area contributed by atoms with E-state index in [2.05, 4.69) is 16.5 Å². The number of nitrogens with zero attached hydrogens (tertiary/aromatic N) is 2. The van der Waals surface area contributed by atoms with Crippen LogP contribution in [0.25, 0.3) is 11.0 Å². The number of benzene rings is 1. The molecule has 0 aliphatic rings. The molecule has 0 amide bonds. The summed E-state index contributed by atoms with van der Waals surface area (Å²) in [7, 11) is 0. The van der Waals surface area contributed by atoms with E-state index in [1.165, 1.54) is 6.07 Å². The SMILES string of the molecule is CCCn1c(CCCCCl)nc2c(F)cccc21. The summed E-state index contributed by atoms with van der Waals surface area (Å²) in [6, 6.07) is 5.15. The molecule has 0 aliphatic carbocycles. The molecule has 2 rings (SSSR count). The first-order valence-corrected chi connectivity index (χ1v) is 7.01. The third kappa shape index (κ3) is 2.66. The lowest BCUT2D eigenvalue weighted by Gasteiger charge is -2.07. The van der Waals surface area contributed by atoms with Crippen molar-refractivity contribution in [1.29, 1.82) is 0 Å². The number of aryl methyl sites for hydroxylation is 2. The molecule has 0 atom stereocenters. The Kier molecular flexibility index (Phi) is 4.59. The van der Waals surface area contributed by atoms with Crippen molar-refractivity contribution in [2.45, 2.75) is 39.2 Å². The predicted molar refractivity (Wildman–Crippen MR) is 73.6 cm³/mol. The molecular weight excluding hydrogens is 251 g/mol. The molecule has 98 valence electrons. The zero-order valence-electron chi connectivity index (χ0n) is 10.6. The van der Waals surface area contributed by atoms with Crippen molar-refractivity contribution < 1.29 is 4.39 Å². The van der Waals surface area contributed by atoms with Crippen LogP contribution in [0.3, 0.4) is 0 Å². The van der Waals surface area contributed by atoms with Crippen molar-refractivity contribution in [2.24, 2.45) is 0 Å². The normalized spacial score (nSPS) is 11.3. The maximum absolute atomic E-state index is 13.7. The molecular formula is C14H18ClFN2. The molecule has 2 aromatic rings. The number of halogens is 2. The number of fused-ring (bicyclic) bond motifs is 1. The minimum atomic E-state index is -0.235. The van der Waals surface area contributed by atoms with Gasteiger partial charge in [-0.3, -0.25) is 0 Å². The number of aromatic nitrogens is 2. The molecule has 0 spiro atoms. The molecule has 0 saturated carbocycles. The Labute approximate surface area is 112 Å². The number of imidazole rings is 1. The highest BCUT2D eigenvalue weighted by atomic mass is 35.5. The van der Waals surface area contributed by atoms with Gasteiger partial charge in [0.25, 0.3) is 0 Å². The van der Waals surface area contributed by atoms with E-state index in [1.54, 1.807) is 6.07 Å². The standard InChI is InChI=1S/C14H18ClFN2/c1-2-10-18-12-7-5-6-11(16)14(12)17-13(18)8-3-4-9-15/h5-7H,2-4,8-10H2,1H3. The van der Waals surface area contributed by atoms with Gasteiger partial charge < -0.3 is 4.57 Å². The van der Waals surface area contributed by atoms with Gasteiger partial charge in [0.05, 0.1) is 5.52 Å². The molecule has 2 nitrogen and oxygen atoms in total. The lowest BCUT2D eigenvalue weighted by atomic mass is 10.2. The average Bonchev–Trinajstić information content (AvgIpc) is 2.71. The van der Waals surface area contributed by atoms with Gasteiger partial charge in [0.2, 0.25) is 0 Å². The second-order valence-corrected chi connectivity index (χ2v) is 4.81. The molecule has 0 radical (unpaired) electrons. The summed E-state index contributed by atoms with van der Waals surface area (Å²) in [6.45, 7) is 3.00. The van der Waals surface area contributed by atoms with E-state index in [9.17, 15) is 4.39 Å². The first-order valence-electron chi connectivity index (χ1n) is 6.47. The summed E-state index contributed by atoms with van der Waals surface area (Å²) in [5.74, 6) is 1.41. The molecule has 1 aromatic heterocycles. The predicted octanol–water partition coefficient (Wildman–Crippen LogP) is 4.15. The van der Waals surface area contributed by atoms with Gasteiger partial charge in [0.15, 0.2) is 5.82 Å². The Morgan fingerprint density at radius 1 is 1.33 bits per heavy atom. The molecule has 0 unspecified atom stereocenters. The zero-order chi connectivity index (χ0) is 13.0. The number of alkyl halides is 1. The van der Waals surface area contributed by atoms with Gasteiger partial charge in [-0.1, -0.05) is 13.0 Å². The molecule has 0 N–H and O–H groups in total. The van der Waals surface area contributed by atoms with E-state index in [1.807, 2.05) is 6.07 Å². The zero-order valence-corrected chi connectivity index (χ0v) is 11.4. The van der Waals surface area contributed by atoms with Gasteiger partial charge in [-0.2, -0.15) is 0 Å². The maximum atomic E-state index is 13.7. The summed E-state index contributed by atoms with van der Waals surface area (Å²) in [4.78, 5) is 4.45. The van der Waals surface area contributed by atoms with Gasteiger partial charge in [0.1, 0.15) is 11.3 Å². The Bertz CT molecular complexity index is 522. The van der Waals surface area contributed by atoms with Crippen molar-refractivity contribution in [1.82, 2.24) is 9.55 Å². The van der Waals surface area contributed by atoms with Crippen molar-refractivity contribution in [3.05, 3.63) is 29.8 Å². The summed E-state index contributed by atoms with van der Waals surface area (Å²) in [6.07, 6.45) is 3.85. The smallest absolute Gasteiger partial charge is 0.151 e. The van der Waals surface area contributed by atoms with Crippen LogP contribution in [0.4, 0.5) is 4.39 Å². The lowest BCUT2D eigenvalue weighted by Crippen LogP contribution is -2.03. The summed E-state index contributed by atoms with van der Waals surface area (Å²) >= 11 is 5.69. The largest absolute Gasteiger partial charge is 0.328 e. The highest BCUT2D eigenvalue weighted by Crippen LogP contribution is 2.20. The van der Waals surface area contributed by atoms with Crippen LogP contribution in [0.15, 0.2) is 18.2 Å². The Morgan fingerprint density at radius 2 is 2.17 bits per heavy atom. The number of unbranched alkanes of at least 4 members (excludes halogenated alkanes) is 1. The van der Waals surface area contributed by atoms with E-state index in [0.29, 0.717) is 11.4 Å². The van der Waals surface area contributed by atoms with Gasteiger partial charge in [0, 0.05) is 18.8 Å². The lowest BCUT2D eigenvalue weighted by molar-refractivity contribution is 0.633. The fraction of sp³-hybridized carbons (Fsp3) is 0.500. The second-order valence-electron chi connectivity index (χ2n) is 4.43. The molecule has 1 heterocycles. The molecule has 0 saturated heterocycles. The quantitative estimate of drug-likeness (QED) is 0.569. The maximum Gasteiger partial charge on any atom is 0.151 e. The van der Waals surface area contributed by atoms with E-state index in [0.717, 1.165) is 43.6 Å². The van der Waals surface area contributed by atoms with E-state index >= 15 is 0 Å². The molecule has 0 bridgehead atoms. The van der Waals surface area contributed by atoms with Crippen LogP contribution in [0, 0.1) is 5.82 Å². The van der Waals surface area contributed by atoms with Crippen LogP contribution in [-0.4, -0.2) is 15.4 Å². The molecule has 1 aromatic carbocycles. The van der Waals surface area contributed by atoms with Gasteiger partial charge in [-0.25, -0.2) is 9.37 Å². The monoisotopic (exact) mass is 268 g/mol. The highest BCUT2D eigenvalue weighted by Gasteiger charge is 2.12. The second kappa shape index (κ2) is 6.19. The summed E-state index contributed by atoms with van der Waals surface area (Å²) in [5, 5.41) is 0. The molecule has 0 aliphatic heterocycles. The minimum absolute atomic E-state index is 0.235. The van der Waals surface area contributed by atoms with E-state index < -0.39 is 0 Å². The third-order valence-corrected chi connectivity index (χ3v) is 3.31. The molecule has 18 heavy (non-hydrogen) atoms. The van der Waals surface area contributed by atoms with Gasteiger partial charge in [-0.15, -0.1) is 11.6 Å². The van der Waals surface area contributed by atoms with E-state index in [-0.39, 0.29) is 5.82 Å². The first kappa shape index (κ1) is 13.3. The van der Waals surface area contributed by atoms with Crippen molar-refractivity contribution in [3.63, 3.8) is 0 Å². The minimum Gasteiger partial charge on any atom is -0.328 e. The Morgan fingerprint density at radius 3 is 2.89 bits per heavy atom. The van der Waals surface area contributed by atoms with Gasteiger partial charge >= 0.3 is 0 Å². The van der Waals surface area contributed by atoms with Crippen molar-refractivity contribution in [3.8, 4) is 0 Å². The number of hydrogen-bond donors (Lipinski definition) is 0. The van der Waals surface area contributed by atoms with Crippen LogP contribution >= 0.6 is 11.6 Å². The van der Waals surface area contributed by atoms with Crippen LogP contribution in [0.1, 0.15) is 32.0 Å². The first-order chi connectivity index (χ1) is 8.77. The fourth-order valence-corrected chi connectivity index (χ4v) is 2.39. The van der Waals surface area contributed by atoms with Gasteiger partial charge in [-0.05, 0) is 31.4 Å². The van der Waals surface area contributed by atoms with E-state index in [4.69, 9.17) is 11.6 Å². The number of rotatable bonds is 6. The highest BCUT2D eigenvalue weighted by molar-refractivity contribution is 6.17. The van der Waals surface area contributed by atoms with Crippen molar-refractivity contribution in [2.75, 3.05) is 5.88 Å². The topological polar surface area (TPSA) is 17.8 Å². The Balaban J connectivity index is 2.37. The fourth-order valence-electron chi connectivity index (χ4n) is 2.20. The summed E-state index contributed by atoms with van der Waals surface area (Å²) < 4.78 is 15.8.